The first-order valence-corrected chi connectivity index (χ1v) is 13.3. The van der Waals surface area contributed by atoms with Crippen molar-refractivity contribution in [2.75, 3.05) is 7.11 Å². The minimum absolute atomic E-state index is 0.0878. The van der Waals surface area contributed by atoms with E-state index in [0.29, 0.717) is 0 Å². The lowest BCUT2D eigenvalue weighted by Gasteiger charge is -2.43. The highest BCUT2D eigenvalue weighted by Gasteiger charge is 2.52. The van der Waals surface area contributed by atoms with Crippen LogP contribution in [0.15, 0.2) is 89.8 Å². The Balaban J connectivity index is 1.70. The van der Waals surface area contributed by atoms with Crippen molar-refractivity contribution < 1.29 is 41.1 Å². The first kappa shape index (κ1) is 27.5. The minimum atomic E-state index is -4.32. The Labute approximate surface area is 221 Å². The Morgan fingerprint density at radius 3 is 1.74 bits per heavy atom. The number of carbonyl (C=O) groups excluding carboxylic acids is 2. The van der Waals surface area contributed by atoms with E-state index in [1.54, 1.807) is 79.7 Å². The number of aryl methyl sites for hydroxylation is 1. The molecule has 5 unspecified atom stereocenters. The summed E-state index contributed by atoms with van der Waals surface area (Å²) in [5.74, 6) is -1.50. The molecule has 0 saturated carbocycles. The molecule has 0 radical (unpaired) electrons. The minimum Gasteiger partial charge on any atom is -0.452 e. The Hall–Kier alpha value is -3.57. The van der Waals surface area contributed by atoms with E-state index >= 15 is 0 Å². The van der Waals surface area contributed by atoms with E-state index in [4.69, 9.17) is 23.1 Å². The zero-order valence-electron chi connectivity index (χ0n) is 21.1. The van der Waals surface area contributed by atoms with Crippen molar-refractivity contribution in [3.05, 3.63) is 102 Å². The summed E-state index contributed by atoms with van der Waals surface area (Å²) >= 11 is 0. The van der Waals surface area contributed by atoms with Gasteiger partial charge >= 0.3 is 11.9 Å². The van der Waals surface area contributed by atoms with Crippen molar-refractivity contribution in [2.24, 2.45) is 0 Å². The maximum Gasteiger partial charge on any atom is 0.338 e. The SMILES string of the molecule is COC1OC(C)C(OS(=O)(=O)c2ccc(C)cc2)C(OC(=O)c2ccccc2)C1OC(=O)c1ccccc1. The van der Waals surface area contributed by atoms with Gasteiger partial charge in [-0.3, -0.25) is 4.18 Å². The second-order valence-corrected chi connectivity index (χ2v) is 10.3. The van der Waals surface area contributed by atoms with Gasteiger partial charge in [-0.2, -0.15) is 8.42 Å². The standard InChI is InChI=1S/C28H28O9S/c1-18-14-16-22(17-15-18)38(31,32)37-23-19(2)34-28(33-3)25(36-27(30)21-12-8-5-9-13-21)24(23)35-26(29)20-10-6-4-7-11-20/h4-17,19,23-25,28H,1-3H3. The van der Waals surface area contributed by atoms with E-state index in [2.05, 4.69) is 0 Å². The summed E-state index contributed by atoms with van der Waals surface area (Å²) in [4.78, 5) is 26.0. The summed E-state index contributed by atoms with van der Waals surface area (Å²) in [5, 5.41) is 0. The second-order valence-electron chi connectivity index (χ2n) is 8.75. The molecule has 0 aromatic heterocycles. The first-order valence-electron chi connectivity index (χ1n) is 11.9. The molecule has 1 aliphatic heterocycles. The molecule has 5 atom stereocenters. The van der Waals surface area contributed by atoms with Crippen LogP contribution in [0.25, 0.3) is 0 Å². The first-order chi connectivity index (χ1) is 18.2. The van der Waals surface area contributed by atoms with E-state index in [0.717, 1.165) is 5.56 Å². The molecule has 0 spiro atoms. The van der Waals surface area contributed by atoms with Crippen LogP contribution in [0.3, 0.4) is 0 Å². The van der Waals surface area contributed by atoms with E-state index in [1.165, 1.54) is 19.2 Å². The van der Waals surface area contributed by atoms with Gasteiger partial charge < -0.3 is 18.9 Å². The van der Waals surface area contributed by atoms with Crippen LogP contribution >= 0.6 is 0 Å². The van der Waals surface area contributed by atoms with Crippen molar-refractivity contribution in [3.63, 3.8) is 0 Å². The van der Waals surface area contributed by atoms with Crippen LogP contribution in [0.4, 0.5) is 0 Å². The molecule has 0 N–H and O–H groups in total. The van der Waals surface area contributed by atoms with Crippen molar-refractivity contribution in [2.45, 2.75) is 49.4 Å². The quantitative estimate of drug-likeness (QED) is 0.310. The Bertz CT molecular complexity index is 1340. The molecule has 0 amide bonds. The summed E-state index contributed by atoms with van der Waals surface area (Å²) in [6.07, 6.45) is -6.22. The predicted octanol–water partition coefficient (Wildman–Crippen LogP) is 3.91. The second kappa shape index (κ2) is 11.9. The van der Waals surface area contributed by atoms with Gasteiger partial charge in [0, 0.05) is 7.11 Å². The third kappa shape index (κ3) is 6.28. The van der Waals surface area contributed by atoms with E-state index in [9.17, 15) is 18.0 Å². The average molecular weight is 541 g/mol. The van der Waals surface area contributed by atoms with Gasteiger partial charge in [0.1, 0.15) is 6.10 Å². The molecule has 38 heavy (non-hydrogen) atoms. The van der Waals surface area contributed by atoms with Crippen LogP contribution < -0.4 is 0 Å². The number of ether oxygens (including phenoxy) is 4. The Kier molecular flexibility index (Phi) is 8.58. The van der Waals surface area contributed by atoms with Crippen molar-refractivity contribution in [1.82, 2.24) is 0 Å². The maximum atomic E-state index is 13.2. The normalized spacial score (nSPS) is 23.4. The van der Waals surface area contributed by atoms with Crippen LogP contribution in [-0.4, -0.2) is 58.2 Å². The molecule has 3 aromatic rings. The molecule has 1 fully saturated rings. The van der Waals surface area contributed by atoms with Gasteiger partial charge in [0.25, 0.3) is 10.1 Å². The van der Waals surface area contributed by atoms with E-state index in [1.807, 2.05) is 6.92 Å². The highest BCUT2D eigenvalue weighted by atomic mass is 32.2. The molecule has 3 aromatic carbocycles. The number of benzene rings is 3. The molecular weight excluding hydrogens is 512 g/mol. The summed E-state index contributed by atoms with van der Waals surface area (Å²) in [7, 11) is -2.99. The van der Waals surface area contributed by atoms with Gasteiger partial charge in [-0.1, -0.05) is 54.1 Å². The largest absolute Gasteiger partial charge is 0.452 e. The van der Waals surface area contributed by atoms with Crippen molar-refractivity contribution >= 4 is 22.1 Å². The zero-order valence-corrected chi connectivity index (χ0v) is 21.9. The number of hydrogen-bond acceptors (Lipinski definition) is 9. The lowest BCUT2D eigenvalue weighted by molar-refractivity contribution is -0.279. The van der Waals surface area contributed by atoms with E-state index in [-0.39, 0.29) is 16.0 Å². The smallest absolute Gasteiger partial charge is 0.338 e. The van der Waals surface area contributed by atoms with Crippen molar-refractivity contribution in [3.8, 4) is 0 Å². The molecule has 10 heteroatoms. The van der Waals surface area contributed by atoms with Gasteiger partial charge in [0.2, 0.25) is 0 Å². The monoisotopic (exact) mass is 540 g/mol. The highest BCUT2D eigenvalue weighted by Crippen LogP contribution is 2.32. The third-order valence-corrected chi connectivity index (χ3v) is 7.34. The number of hydrogen-bond donors (Lipinski definition) is 0. The van der Waals surface area contributed by atoms with Gasteiger partial charge in [0.15, 0.2) is 18.5 Å². The lowest BCUT2D eigenvalue weighted by Crippen LogP contribution is -2.61. The highest BCUT2D eigenvalue weighted by molar-refractivity contribution is 7.86. The lowest BCUT2D eigenvalue weighted by atomic mass is 9.99. The van der Waals surface area contributed by atoms with E-state index < -0.39 is 52.8 Å². The number of methoxy groups -OCH3 is 1. The summed E-state index contributed by atoms with van der Waals surface area (Å²) < 4.78 is 54.7. The topological polar surface area (TPSA) is 114 Å². The molecule has 4 rings (SSSR count). The molecular formula is C28H28O9S. The fraction of sp³-hybridized carbons (Fsp3) is 0.286. The fourth-order valence-corrected chi connectivity index (χ4v) is 5.13. The Morgan fingerprint density at radius 1 is 0.737 bits per heavy atom. The maximum absolute atomic E-state index is 13.2. The molecule has 0 aliphatic carbocycles. The Morgan fingerprint density at radius 2 is 1.24 bits per heavy atom. The van der Waals surface area contributed by atoms with Gasteiger partial charge in [-0.05, 0) is 50.2 Å². The summed E-state index contributed by atoms with van der Waals surface area (Å²) in [6, 6.07) is 22.4. The molecule has 1 heterocycles. The zero-order chi connectivity index (χ0) is 27.3. The molecule has 9 nitrogen and oxygen atoms in total. The van der Waals surface area contributed by atoms with Crippen LogP contribution in [0.2, 0.25) is 0 Å². The molecule has 1 saturated heterocycles. The van der Waals surface area contributed by atoms with Crippen molar-refractivity contribution in [1.29, 1.82) is 0 Å². The van der Waals surface area contributed by atoms with Crippen LogP contribution in [0, 0.1) is 6.92 Å². The predicted molar refractivity (Wildman–Crippen MR) is 136 cm³/mol. The van der Waals surface area contributed by atoms with Crippen LogP contribution in [0.5, 0.6) is 0 Å². The van der Waals surface area contributed by atoms with Gasteiger partial charge in [-0.25, -0.2) is 9.59 Å². The number of rotatable bonds is 8. The molecule has 1 aliphatic rings. The van der Waals surface area contributed by atoms with Crippen LogP contribution in [0.1, 0.15) is 33.2 Å². The molecule has 0 bridgehead atoms. The van der Waals surface area contributed by atoms with Crippen LogP contribution in [-0.2, 0) is 33.2 Å². The fourth-order valence-electron chi connectivity index (χ4n) is 3.99. The third-order valence-electron chi connectivity index (χ3n) is 6.01. The summed E-state index contributed by atoms with van der Waals surface area (Å²) in [5.41, 5.74) is 1.32. The summed E-state index contributed by atoms with van der Waals surface area (Å²) in [6.45, 7) is 3.38. The molecule has 200 valence electrons. The number of esters is 2. The number of carbonyl (C=O) groups is 2. The average Bonchev–Trinajstić information content (AvgIpc) is 2.93. The van der Waals surface area contributed by atoms with Gasteiger partial charge in [-0.15, -0.1) is 0 Å². The van der Waals surface area contributed by atoms with Gasteiger partial charge in [0.05, 0.1) is 22.1 Å².